The molecule has 0 aliphatic carbocycles. The molecule has 1 aliphatic rings. The molecule has 0 aromatic carbocycles. The lowest BCUT2D eigenvalue weighted by molar-refractivity contribution is 0.129. The molecule has 1 aliphatic heterocycles. The molecule has 10 heavy (non-hydrogen) atoms. The molecule has 1 heterocycles. The van der Waals surface area contributed by atoms with Crippen LogP contribution in [0.1, 0.15) is 26.2 Å². The van der Waals surface area contributed by atoms with Gasteiger partial charge in [0.1, 0.15) is 0 Å². The van der Waals surface area contributed by atoms with Gasteiger partial charge in [0.15, 0.2) is 0 Å². The Hall–Kier alpha value is -0.0800. The lowest BCUT2D eigenvalue weighted by Gasteiger charge is -2.24. The van der Waals surface area contributed by atoms with Gasteiger partial charge in [-0.2, -0.15) is 0 Å². The second kappa shape index (κ2) is 3.35. The average Bonchev–Trinajstić information content (AvgIpc) is 2.15. The van der Waals surface area contributed by atoms with Crippen LogP contribution in [-0.4, -0.2) is 24.8 Å². The van der Waals surface area contributed by atoms with Gasteiger partial charge >= 0.3 is 0 Å². The van der Waals surface area contributed by atoms with E-state index in [9.17, 15) is 0 Å². The molecular weight excluding hydrogens is 126 g/mol. The van der Waals surface area contributed by atoms with Crippen molar-refractivity contribution in [3.05, 3.63) is 0 Å². The molecule has 1 fully saturated rings. The largest absolute Gasteiger partial charge is 0.396 e. The molecule has 1 rings (SSSR count). The first kappa shape index (κ1) is 8.02. The smallest absolute Gasteiger partial charge is 0.0485 e. The van der Waals surface area contributed by atoms with Gasteiger partial charge in [-0.15, -0.1) is 0 Å². The minimum absolute atomic E-state index is 0.198. The second-order valence-corrected chi connectivity index (χ2v) is 3.57. The number of hydrogen-bond donors (Lipinski definition) is 2. The Morgan fingerprint density at radius 3 is 2.90 bits per heavy atom. The minimum atomic E-state index is 0.198. The minimum Gasteiger partial charge on any atom is -0.396 e. The molecule has 1 saturated heterocycles. The first-order valence-electron chi connectivity index (χ1n) is 4.08. The predicted octanol–water partition coefficient (Wildman–Crippen LogP) is 0.758. The number of rotatable bonds is 1. The van der Waals surface area contributed by atoms with Crippen molar-refractivity contribution < 1.29 is 5.11 Å². The van der Waals surface area contributed by atoms with Crippen LogP contribution in [0.3, 0.4) is 0 Å². The van der Waals surface area contributed by atoms with Gasteiger partial charge in [-0.05, 0) is 37.8 Å². The third kappa shape index (κ3) is 1.96. The summed E-state index contributed by atoms with van der Waals surface area (Å²) < 4.78 is 0. The Bertz CT molecular complexity index is 95.4. The van der Waals surface area contributed by atoms with E-state index in [1.165, 1.54) is 6.42 Å². The third-order valence-corrected chi connectivity index (χ3v) is 2.42. The number of nitrogens with one attached hydrogen (secondary N) is 1. The van der Waals surface area contributed by atoms with E-state index in [1.54, 1.807) is 0 Å². The number of aliphatic hydroxyl groups excluding tert-OH is 1. The molecule has 60 valence electrons. The van der Waals surface area contributed by atoms with Crippen LogP contribution in [0.4, 0.5) is 0 Å². The molecule has 0 aromatic heterocycles. The van der Waals surface area contributed by atoms with Crippen molar-refractivity contribution >= 4 is 0 Å². The average molecular weight is 143 g/mol. The summed E-state index contributed by atoms with van der Waals surface area (Å²) in [4.78, 5) is 0. The first-order valence-corrected chi connectivity index (χ1v) is 4.08. The summed E-state index contributed by atoms with van der Waals surface area (Å²) >= 11 is 0. The zero-order chi connectivity index (χ0) is 7.45. The van der Waals surface area contributed by atoms with Crippen LogP contribution in [0.15, 0.2) is 0 Å². The summed E-state index contributed by atoms with van der Waals surface area (Å²) in [6, 6.07) is 0. The van der Waals surface area contributed by atoms with Crippen molar-refractivity contribution in [2.45, 2.75) is 26.2 Å². The summed E-state index contributed by atoms with van der Waals surface area (Å²) in [5, 5.41) is 12.4. The van der Waals surface area contributed by atoms with E-state index in [4.69, 9.17) is 5.11 Å². The van der Waals surface area contributed by atoms with Crippen LogP contribution >= 0.6 is 0 Å². The maximum atomic E-state index is 9.05. The summed E-state index contributed by atoms with van der Waals surface area (Å²) in [6.07, 6.45) is 3.48. The maximum absolute atomic E-state index is 9.05. The maximum Gasteiger partial charge on any atom is 0.0485 e. The standard InChI is InChI=1S/C8H17NO/c1-8(7-10)3-2-5-9-6-4-8/h9-10H,2-7H2,1H3/t8-/m1/s1. The molecule has 0 spiro atoms. The number of aliphatic hydroxyl groups is 1. The molecule has 0 bridgehead atoms. The highest BCUT2D eigenvalue weighted by atomic mass is 16.3. The van der Waals surface area contributed by atoms with E-state index in [-0.39, 0.29) is 5.41 Å². The van der Waals surface area contributed by atoms with Crippen molar-refractivity contribution in [2.75, 3.05) is 19.7 Å². The number of hydrogen-bond acceptors (Lipinski definition) is 2. The topological polar surface area (TPSA) is 32.3 Å². The Kier molecular flexibility index (Phi) is 2.69. The fourth-order valence-corrected chi connectivity index (χ4v) is 1.44. The Balaban J connectivity index is 2.41. The molecule has 0 unspecified atom stereocenters. The lowest BCUT2D eigenvalue weighted by Crippen LogP contribution is -2.22. The Labute approximate surface area is 62.6 Å². The van der Waals surface area contributed by atoms with Gasteiger partial charge in [0, 0.05) is 6.61 Å². The van der Waals surface area contributed by atoms with Crippen LogP contribution in [0.5, 0.6) is 0 Å². The lowest BCUT2D eigenvalue weighted by atomic mass is 9.84. The Morgan fingerprint density at radius 1 is 1.40 bits per heavy atom. The summed E-state index contributed by atoms with van der Waals surface area (Å²) in [5.74, 6) is 0. The van der Waals surface area contributed by atoms with E-state index in [0.29, 0.717) is 6.61 Å². The molecular formula is C8H17NO. The van der Waals surface area contributed by atoms with Crippen molar-refractivity contribution in [3.63, 3.8) is 0 Å². The van der Waals surface area contributed by atoms with Gasteiger partial charge in [-0.3, -0.25) is 0 Å². The van der Waals surface area contributed by atoms with Gasteiger partial charge in [0.25, 0.3) is 0 Å². The molecule has 0 saturated carbocycles. The van der Waals surface area contributed by atoms with E-state index in [2.05, 4.69) is 12.2 Å². The van der Waals surface area contributed by atoms with E-state index in [1.807, 2.05) is 0 Å². The molecule has 0 amide bonds. The van der Waals surface area contributed by atoms with Crippen LogP contribution in [0.25, 0.3) is 0 Å². The summed E-state index contributed by atoms with van der Waals surface area (Å²) in [6.45, 7) is 4.70. The zero-order valence-electron chi connectivity index (χ0n) is 6.69. The SMILES string of the molecule is C[C@@]1(CO)CCCNCC1. The monoisotopic (exact) mass is 143 g/mol. The highest BCUT2D eigenvalue weighted by Crippen LogP contribution is 2.27. The van der Waals surface area contributed by atoms with E-state index in [0.717, 1.165) is 25.9 Å². The molecule has 0 radical (unpaired) electrons. The molecule has 0 aromatic rings. The Morgan fingerprint density at radius 2 is 2.20 bits per heavy atom. The fourth-order valence-electron chi connectivity index (χ4n) is 1.44. The van der Waals surface area contributed by atoms with Crippen LogP contribution in [0, 0.1) is 5.41 Å². The predicted molar refractivity (Wildman–Crippen MR) is 41.9 cm³/mol. The van der Waals surface area contributed by atoms with Crippen molar-refractivity contribution in [2.24, 2.45) is 5.41 Å². The van der Waals surface area contributed by atoms with Gasteiger partial charge < -0.3 is 10.4 Å². The molecule has 2 N–H and O–H groups in total. The van der Waals surface area contributed by atoms with E-state index < -0.39 is 0 Å². The molecule has 2 nitrogen and oxygen atoms in total. The van der Waals surface area contributed by atoms with Crippen LogP contribution in [-0.2, 0) is 0 Å². The van der Waals surface area contributed by atoms with Gasteiger partial charge in [0.2, 0.25) is 0 Å². The van der Waals surface area contributed by atoms with Crippen LogP contribution < -0.4 is 5.32 Å². The first-order chi connectivity index (χ1) is 4.77. The molecule has 1 atom stereocenters. The van der Waals surface area contributed by atoms with Gasteiger partial charge in [0.05, 0.1) is 0 Å². The van der Waals surface area contributed by atoms with Crippen molar-refractivity contribution in [1.82, 2.24) is 5.32 Å². The van der Waals surface area contributed by atoms with E-state index >= 15 is 0 Å². The van der Waals surface area contributed by atoms with Gasteiger partial charge in [-0.25, -0.2) is 0 Å². The van der Waals surface area contributed by atoms with Crippen LogP contribution in [0.2, 0.25) is 0 Å². The summed E-state index contributed by atoms with van der Waals surface area (Å²) in [7, 11) is 0. The highest BCUT2D eigenvalue weighted by molar-refractivity contribution is 4.77. The zero-order valence-corrected chi connectivity index (χ0v) is 6.69. The normalized spacial score (nSPS) is 35.4. The highest BCUT2D eigenvalue weighted by Gasteiger charge is 2.23. The van der Waals surface area contributed by atoms with Gasteiger partial charge in [-0.1, -0.05) is 6.92 Å². The summed E-state index contributed by atoms with van der Waals surface area (Å²) in [5.41, 5.74) is 0.198. The third-order valence-electron chi connectivity index (χ3n) is 2.42. The fraction of sp³-hybridized carbons (Fsp3) is 1.00. The second-order valence-electron chi connectivity index (χ2n) is 3.57. The van der Waals surface area contributed by atoms with Crippen molar-refractivity contribution in [3.8, 4) is 0 Å². The molecule has 2 heteroatoms. The quantitative estimate of drug-likeness (QED) is 0.568. The van der Waals surface area contributed by atoms with Crippen molar-refractivity contribution in [1.29, 1.82) is 0 Å².